The second-order valence-corrected chi connectivity index (χ2v) is 5.59. The van der Waals surface area contributed by atoms with Crippen molar-refractivity contribution in [2.75, 3.05) is 14.2 Å². The molecule has 5 heteroatoms. The van der Waals surface area contributed by atoms with Crippen LogP contribution in [0.1, 0.15) is 12.5 Å². The van der Waals surface area contributed by atoms with Crippen molar-refractivity contribution in [3.63, 3.8) is 0 Å². The van der Waals surface area contributed by atoms with Gasteiger partial charge >= 0.3 is 0 Å². The fourth-order valence-electron chi connectivity index (χ4n) is 1.42. The van der Waals surface area contributed by atoms with Crippen LogP contribution in [0.5, 0.6) is 0 Å². The summed E-state index contributed by atoms with van der Waals surface area (Å²) in [6.45, 7) is 3.63. The van der Waals surface area contributed by atoms with Gasteiger partial charge in [0.05, 0.1) is 12.0 Å². The Morgan fingerprint density at radius 3 is 2.24 bits per heavy atom. The second kappa shape index (κ2) is 5.23. The van der Waals surface area contributed by atoms with Gasteiger partial charge in [0.15, 0.2) is 5.88 Å². The molecule has 0 atom stereocenters. The van der Waals surface area contributed by atoms with Crippen LogP contribution in [0, 0.1) is 6.92 Å². The number of hydrogen-bond acceptors (Lipinski definition) is 3. The predicted octanol–water partition coefficient (Wildman–Crippen LogP) is 2.12. The van der Waals surface area contributed by atoms with Crippen molar-refractivity contribution in [1.82, 2.24) is 4.31 Å². The molecule has 0 aliphatic heterocycles. The Morgan fingerprint density at radius 1 is 1.29 bits per heavy atom. The minimum atomic E-state index is -3.54. The maximum atomic E-state index is 12.2. The standard InChI is InChI=1S/C12H17NO3S/c1-5-12(16-4)13(3)17(14,15)11-8-6-10(2)7-9-11/h5-9H,1-4H3/b12-5-. The number of allylic oxidation sites excluding steroid dienone is 1. The Balaban J connectivity index is 3.15. The van der Waals surface area contributed by atoms with Crippen molar-refractivity contribution >= 4 is 10.0 Å². The summed E-state index contributed by atoms with van der Waals surface area (Å²) in [5.74, 6) is 0.297. The quantitative estimate of drug-likeness (QED) is 0.774. The summed E-state index contributed by atoms with van der Waals surface area (Å²) >= 11 is 0. The zero-order valence-corrected chi connectivity index (χ0v) is 11.3. The van der Waals surface area contributed by atoms with Crippen LogP contribution in [0.4, 0.5) is 0 Å². The van der Waals surface area contributed by atoms with Gasteiger partial charge in [0.25, 0.3) is 10.0 Å². The number of sulfonamides is 1. The van der Waals surface area contributed by atoms with Gasteiger partial charge in [0.1, 0.15) is 0 Å². The topological polar surface area (TPSA) is 46.6 Å². The fourth-order valence-corrected chi connectivity index (χ4v) is 2.63. The van der Waals surface area contributed by atoms with E-state index in [9.17, 15) is 8.42 Å². The van der Waals surface area contributed by atoms with E-state index in [4.69, 9.17) is 4.74 Å². The molecule has 0 bridgehead atoms. The summed E-state index contributed by atoms with van der Waals surface area (Å²) < 4.78 is 30.5. The van der Waals surface area contributed by atoms with Gasteiger partial charge in [0, 0.05) is 7.05 Å². The Labute approximate surface area is 103 Å². The molecule has 0 unspecified atom stereocenters. The maximum absolute atomic E-state index is 12.2. The number of methoxy groups -OCH3 is 1. The smallest absolute Gasteiger partial charge is 0.266 e. The molecule has 0 fully saturated rings. The number of ether oxygens (including phenoxy) is 1. The lowest BCUT2D eigenvalue weighted by Gasteiger charge is -2.20. The average molecular weight is 255 g/mol. The van der Waals surface area contributed by atoms with Crippen molar-refractivity contribution in [3.8, 4) is 0 Å². The molecule has 1 rings (SSSR count). The van der Waals surface area contributed by atoms with E-state index in [-0.39, 0.29) is 4.90 Å². The number of hydrogen-bond donors (Lipinski definition) is 0. The summed E-state index contributed by atoms with van der Waals surface area (Å²) in [5, 5.41) is 0. The van der Waals surface area contributed by atoms with Crippen LogP contribution in [0.2, 0.25) is 0 Å². The lowest BCUT2D eigenvalue weighted by Crippen LogP contribution is -2.27. The molecule has 4 nitrogen and oxygen atoms in total. The SMILES string of the molecule is C/C=C(\OC)N(C)S(=O)(=O)c1ccc(C)cc1. The van der Waals surface area contributed by atoms with Crippen LogP contribution in [0.3, 0.4) is 0 Å². The molecule has 1 aromatic rings. The lowest BCUT2D eigenvalue weighted by atomic mass is 10.2. The molecule has 0 amide bonds. The number of rotatable bonds is 4. The summed E-state index contributed by atoms with van der Waals surface area (Å²) in [4.78, 5) is 0.252. The van der Waals surface area contributed by atoms with E-state index in [1.165, 1.54) is 14.2 Å². The minimum absolute atomic E-state index is 0.252. The number of aryl methyl sites for hydroxylation is 1. The number of benzene rings is 1. The van der Waals surface area contributed by atoms with E-state index in [2.05, 4.69) is 0 Å². The van der Waals surface area contributed by atoms with Gasteiger partial charge in [-0.05, 0) is 32.1 Å². The maximum Gasteiger partial charge on any atom is 0.266 e. The molecular formula is C12H17NO3S. The zero-order valence-electron chi connectivity index (χ0n) is 10.5. The highest BCUT2D eigenvalue weighted by atomic mass is 32.2. The largest absolute Gasteiger partial charge is 0.482 e. The Morgan fingerprint density at radius 2 is 1.82 bits per heavy atom. The fraction of sp³-hybridized carbons (Fsp3) is 0.333. The molecule has 0 saturated carbocycles. The molecule has 0 spiro atoms. The third-order valence-corrected chi connectivity index (χ3v) is 4.21. The predicted molar refractivity (Wildman–Crippen MR) is 66.9 cm³/mol. The van der Waals surface area contributed by atoms with Gasteiger partial charge in [0.2, 0.25) is 0 Å². The Hall–Kier alpha value is -1.49. The number of nitrogens with zero attached hydrogens (tertiary/aromatic N) is 1. The second-order valence-electron chi connectivity index (χ2n) is 3.62. The Kier molecular flexibility index (Phi) is 4.17. The van der Waals surface area contributed by atoms with Crippen molar-refractivity contribution in [1.29, 1.82) is 0 Å². The first kappa shape index (κ1) is 13.6. The van der Waals surface area contributed by atoms with Crippen LogP contribution < -0.4 is 0 Å². The molecule has 0 radical (unpaired) electrons. The molecule has 0 aromatic heterocycles. The summed E-state index contributed by atoms with van der Waals surface area (Å²) in [6.07, 6.45) is 1.60. The van der Waals surface area contributed by atoms with Gasteiger partial charge in [-0.25, -0.2) is 12.7 Å². The van der Waals surface area contributed by atoms with Crippen LogP contribution in [-0.4, -0.2) is 26.9 Å². The van der Waals surface area contributed by atoms with Gasteiger partial charge < -0.3 is 4.74 Å². The monoisotopic (exact) mass is 255 g/mol. The third kappa shape index (κ3) is 2.79. The highest BCUT2D eigenvalue weighted by Crippen LogP contribution is 2.18. The van der Waals surface area contributed by atoms with Crippen molar-refractivity contribution in [2.24, 2.45) is 0 Å². The molecule has 0 aliphatic rings. The summed E-state index contributed by atoms with van der Waals surface area (Å²) in [6, 6.07) is 6.71. The van der Waals surface area contributed by atoms with Gasteiger partial charge in [-0.1, -0.05) is 17.7 Å². The van der Waals surface area contributed by atoms with E-state index < -0.39 is 10.0 Å². The lowest BCUT2D eigenvalue weighted by molar-refractivity contribution is 0.222. The summed E-state index contributed by atoms with van der Waals surface area (Å²) in [7, 11) is -0.632. The average Bonchev–Trinajstić information content (AvgIpc) is 2.31. The van der Waals surface area contributed by atoms with E-state index in [0.717, 1.165) is 9.87 Å². The zero-order chi connectivity index (χ0) is 13.1. The normalized spacial score (nSPS) is 12.4. The highest BCUT2D eigenvalue weighted by molar-refractivity contribution is 7.89. The molecule has 0 saturated heterocycles. The van der Waals surface area contributed by atoms with Gasteiger partial charge in [-0.3, -0.25) is 0 Å². The molecule has 17 heavy (non-hydrogen) atoms. The van der Waals surface area contributed by atoms with E-state index in [1.54, 1.807) is 37.3 Å². The van der Waals surface area contributed by atoms with Crippen molar-refractivity contribution in [3.05, 3.63) is 41.8 Å². The first-order valence-corrected chi connectivity index (χ1v) is 6.63. The van der Waals surface area contributed by atoms with E-state index in [0.29, 0.717) is 5.88 Å². The minimum Gasteiger partial charge on any atom is -0.482 e. The molecule has 94 valence electrons. The van der Waals surface area contributed by atoms with Crippen LogP contribution in [0.25, 0.3) is 0 Å². The Bertz CT molecular complexity index is 503. The third-order valence-electron chi connectivity index (χ3n) is 2.45. The first-order valence-electron chi connectivity index (χ1n) is 5.19. The van der Waals surface area contributed by atoms with Crippen LogP contribution in [0.15, 0.2) is 41.1 Å². The highest BCUT2D eigenvalue weighted by Gasteiger charge is 2.22. The van der Waals surface area contributed by atoms with E-state index in [1.807, 2.05) is 6.92 Å². The van der Waals surface area contributed by atoms with Gasteiger partial charge in [-0.15, -0.1) is 0 Å². The first-order chi connectivity index (χ1) is 7.93. The van der Waals surface area contributed by atoms with Gasteiger partial charge in [-0.2, -0.15) is 0 Å². The molecular weight excluding hydrogens is 238 g/mol. The molecule has 0 aliphatic carbocycles. The van der Waals surface area contributed by atoms with Crippen LogP contribution in [-0.2, 0) is 14.8 Å². The molecule has 1 aromatic carbocycles. The molecule has 0 N–H and O–H groups in total. The molecule has 0 heterocycles. The van der Waals surface area contributed by atoms with E-state index >= 15 is 0 Å². The van der Waals surface area contributed by atoms with Crippen molar-refractivity contribution in [2.45, 2.75) is 18.7 Å². The van der Waals surface area contributed by atoms with Crippen LogP contribution >= 0.6 is 0 Å². The summed E-state index contributed by atoms with van der Waals surface area (Å²) in [5.41, 5.74) is 1.02. The van der Waals surface area contributed by atoms with Crippen molar-refractivity contribution < 1.29 is 13.2 Å².